The molecule has 0 aromatic heterocycles. The highest BCUT2D eigenvalue weighted by Gasteiger charge is 2.30. The minimum Gasteiger partial charge on any atom is -0.493 e. The van der Waals surface area contributed by atoms with E-state index in [1.54, 1.807) is 11.0 Å². The molecule has 26 heavy (non-hydrogen) atoms. The largest absolute Gasteiger partial charge is 0.493 e. The van der Waals surface area contributed by atoms with Crippen LogP contribution in [-0.2, 0) is 14.8 Å². The number of amides is 1. The number of piperazine rings is 1. The van der Waals surface area contributed by atoms with Gasteiger partial charge in [0.2, 0.25) is 15.9 Å². The SMILES string of the molecule is COc1ccc(S(=O)(=O)N2CCN(C(=O)CCC(C)C)CC2)cc1OC. The highest BCUT2D eigenvalue weighted by Crippen LogP contribution is 2.30. The number of sulfonamides is 1. The molecule has 2 rings (SSSR count). The number of methoxy groups -OCH3 is 2. The summed E-state index contributed by atoms with van der Waals surface area (Å²) in [5, 5.41) is 0. The van der Waals surface area contributed by atoms with Crippen molar-refractivity contribution >= 4 is 15.9 Å². The second kappa shape index (κ2) is 8.73. The van der Waals surface area contributed by atoms with Crippen LogP contribution >= 0.6 is 0 Å². The summed E-state index contributed by atoms with van der Waals surface area (Å²) in [7, 11) is -0.665. The minimum absolute atomic E-state index is 0.0989. The number of carbonyl (C=O) groups is 1. The average Bonchev–Trinajstić information content (AvgIpc) is 2.65. The molecule has 0 radical (unpaired) electrons. The van der Waals surface area contributed by atoms with E-state index in [-0.39, 0.29) is 10.8 Å². The predicted molar refractivity (Wildman–Crippen MR) is 99.0 cm³/mol. The fraction of sp³-hybridized carbons (Fsp3) is 0.611. The highest BCUT2D eigenvalue weighted by atomic mass is 32.2. The van der Waals surface area contributed by atoms with Crippen LogP contribution in [-0.4, -0.2) is 63.9 Å². The lowest BCUT2D eigenvalue weighted by Gasteiger charge is -2.34. The Balaban J connectivity index is 2.05. The van der Waals surface area contributed by atoms with Gasteiger partial charge in [-0.15, -0.1) is 0 Å². The molecule has 0 saturated carbocycles. The molecule has 0 bridgehead atoms. The Labute approximate surface area is 155 Å². The second-order valence-electron chi connectivity index (χ2n) is 6.73. The molecule has 0 aliphatic carbocycles. The molecule has 1 aliphatic rings. The fourth-order valence-corrected chi connectivity index (χ4v) is 4.31. The number of hydrogen-bond acceptors (Lipinski definition) is 5. The van der Waals surface area contributed by atoms with Crippen molar-refractivity contribution in [3.05, 3.63) is 18.2 Å². The first-order valence-electron chi connectivity index (χ1n) is 8.79. The van der Waals surface area contributed by atoms with Crippen LogP contribution in [0.15, 0.2) is 23.1 Å². The van der Waals surface area contributed by atoms with E-state index in [1.165, 1.54) is 30.7 Å². The van der Waals surface area contributed by atoms with Gasteiger partial charge in [-0.25, -0.2) is 8.42 Å². The van der Waals surface area contributed by atoms with E-state index in [9.17, 15) is 13.2 Å². The van der Waals surface area contributed by atoms with Crippen LogP contribution in [0, 0.1) is 5.92 Å². The molecule has 0 unspecified atom stereocenters. The van der Waals surface area contributed by atoms with Gasteiger partial charge in [-0.2, -0.15) is 4.31 Å². The Morgan fingerprint density at radius 1 is 1.08 bits per heavy atom. The molecule has 1 heterocycles. The zero-order chi connectivity index (χ0) is 19.3. The van der Waals surface area contributed by atoms with E-state index in [0.717, 1.165) is 6.42 Å². The molecule has 0 N–H and O–H groups in total. The van der Waals surface area contributed by atoms with Gasteiger partial charge < -0.3 is 14.4 Å². The van der Waals surface area contributed by atoms with Crippen molar-refractivity contribution in [2.45, 2.75) is 31.6 Å². The summed E-state index contributed by atoms with van der Waals surface area (Å²) in [6, 6.07) is 4.56. The Kier molecular flexibility index (Phi) is 6.88. The molecule has 0 spiro atoms. The van der Waals surface area contributed by atoms with Crippen molar-refractivity contribution < 1.29 is 22.7 Å². The lowest BCUT2D eigenvalue weighted by molar-refractivity contribution is -0.132. The molecule has 7 nitrogen and oxygen atoms in total. The Hall–Kier alpha value is -1.80. The van der Waals surface area contributed by atoms with Gasteiger partial charge in [0.15, 0.2) is 11.5 Å². The molecule has 146 valence electrons. The van der Waals surface area contributed by atoms with Crippen molar-refractivity contribution in [1.82, 2.24) is 9.21 Å². The van der Waals surface area contributed by atoms with Gasteiger partial charge in [0.05, 0.1) is 19.1 Å². The van der Waals surface area contributed by atoms with Crippen LogP contribution in [0.2, 0.25) is 0 Å². The smallest absolute Gasteiger partial charge is 0.243 e. The molecule has 1 aromatic carbocycles. The van der Waals surface area contributed by atoms with Crippen molar-refractivity contribution in [1.29, 1.82) is 0 Å². The normalized spacial score (nSPS) is 16.0. The average molecular weight is 384 g/mol. The van der Waals surface area contributed by atoms with Crippen molar-refractivity contribution in [3.8, 4) is 11.5 Å². The molecule has 1 aromatic rings. The number of hydrogen-bond donors (Lipinski definition) is 0. The monoisotopic (exact) mass is 384 g/mol. The number of benzene rings is 1. The van der Waals surface area contributed by atoms with Crippen LogP contribution in [0.5, 0.6) is 11.5 Å². The van der Waals surface area contributed by atoms with E-state index >= 15 is 0 Å². The van der Waals surface area contributed by atoms with E-state index < -0.39 is 10.0 Å². The lowest BCUT2D eigenvalue weighted by atomic mass is 10.1. The first-order chi connectivity index (χ1) is 12.3. The maximum atomic E-state index is 12.9. The van der Waals surface area contributed by atoms with E-state index in [4.69, 9.17) is 9.47 Å². The van der Waals surface area contributed by atoms with Crippen LogP contribution < -0.4 is 9.47 Å². The quantitative estimate of drug-likeness (QED) is 0.718. The van der Waals surface area contributed by atoms with Crippen molar-refractivity contribution in [3.63, 3.8) is 0 Å². The number of ether oxygens (including phenoxy) is 2. The summed E-state index contributed by atoms with van der Waals surface area (Å²) in [4.78, 5) is 14.1. The van der Waals surface area contributed by atoms with Gasteiger partial charge >= 0.3 is 0 Å². The van der Waals surface area contributed by atoms with Crippen molar-refractivity contribution in [2.24, 2.45) is 5.92 Å². The first-order valence-corrected chi connectivity index (χ1v) is 10.2. The summed E-state index contributed by atoms with van der Waals surface area (Å²) in [6.45, 7) is 5.60. The van der Waals surface area contributed by atoms with Gasteiger partial charge in [0.1, 0.15) is 0 Å². The molecule has 1 amide bonds. The molecule has 8 heteroatoms. The number of nitrogens with zero attached hydrogens (tertiary/aromatic N) is 2. The fourth-order valence-electron chi connectivity index (χ4n) is 2.87. The predicted octanol–water partition coefficient (Wildman–Crippen LogP) is 1.97. The summed E-state index contributed by atoms with van der Waals surface area (Å²) in [5.41, 5.74) is 0. The minimum atomic E-state index is -3.63. The van der Waals surface area contributed by atoms with Crippen LogP contribution in [0.25, 0.3) is 0 Å². The summed E-state index contributed by atoms with van der Waals surface area (Å²) < 4.78 is 37.5. The molecule has 0 atom stereocenters. The third-order valence-corrected chi connectivity index (χ3v) is 6.41. The maximum absolute atomic E-state index is 12.9. The third-order valence-electron chi connectivity index (χ3n) is 4.52. The van der Waals surface area contributed by atoms with E-state index in [2.05, 4.69) is 13.8 Å². The maximum Gasteiger partial charge on any atom is 0.243 e. The standard InChI is InChI=1S/C18H28N2O5S/c1-14(2)5-8-18(21)19-9-11-20(12-10-19)26(22,23)15-6-7-16(24-3)17(13-15)25-4/h6-7,13-14H,5,8-12H2,1-4H3. The Morgan fingerprint density at radius 3 is 2.23 bits per heavy atom. The summed E-state index contributed by atoms with van der Waals surface area (Å²) in [6.07, 6.45) is 1.36. The van der Waals surface area contributed by atoms with Gasteiger partial charge in [-0.1, -0.05) is 13.8 Å². The van der Waals surface area contributed by atoms with Crippen molar-refractivity contribution in [2.75, 3.05) is 40.4 Å². The van der Waals surface area contributed by atoms with Crippen LogP contribution in [0.3, 0.4) is 0 Å². The van der Waals surface area contributed by atoms with Gasteiger partial charge in [0, 0.05) is 38.7 Å². The Morgan fingerprint density at radius 2 is 1.69 bits per heavy atom. The van der Waals surface area contributed by atoms with E-state index in [0.29, 0.717) is 50.0 Å². The van der Waals surface area contributed by atoms with E-state index in [1.807, 2.05) is 0 Å². The van der Waals surface area contributed by atoms with Gasteiger partial charge in [0.25, 0.3) is 0 Å². The summed E-state index contributed by atoms with van der Waals surface area (Å²) >= 11 is 0. The lowest BCUT2D eigenvalue weighted by Crippen LogP contribution is -2.50. The van der Waals surface area contributed by atoms with Crippen LogP contribution in [0.4, 0.5) is 0 Å². The van der Waals surface area contributed by atoms with Gasteiger partial charge in [-0.3, -0.25) is 4.79 Å². The van der Waals surface area contributed by atoms with Gasteiger partial charge in [-0.05, 0) is 24.5 Å². The van der Waals surface area contributed by atoms with Crippen LogP contribution in [0.1, 0.15) is 26.7 Å². The zero-order valence-corrected chi connectivity index (χ0v) is 16.7. The molecule has 1 fully saturated rings. The number of rotatable bonds is 7. The zero-order valence-electron chi connectivity index (χ0n) is 15.9. The second-order valence-corrected chi connectivity index (χ2v) is 8.67. The molecule has 1 saturated heterocycles. The molecular weight excluding hydrogens is 356 g/mol. The Bertz CT molecular complexity index is 725. The first kappa shape index (κ1) is 20.5. The third kappa shape index (κ3) is 4.67. The topological polar surface area (TPSA) is 76.2 Å². The highest BCUT2D eigenvalue weighted by molar-refractivity contribution is 7.89. The molecular formula is C18H28N2O5S. The molecule has 1 aliphatic heterocycles. The number of carbonyl (C=O) groups excluding carboxylic acids is 1. The summed E-state index contributed by atoms with van der Waals surface area (Å²) in [5.74, 6) is 1.43.